The van der Waals surface area contributed by atoms with E-state index in [0.29, 0.717) is 11.7 Å². The van der Waals surface area contributed by atoms with Crippen molar-refractivity contribution in [1.29, 1.82) is 0 Å². The largest absolute Gasteiger partial charge is 0.384 e. The molecule has 1 atom stereocenters. The molecule has 0 amide bonds. The van der Waals surface area contributed by atoms with Crippen molar-refractivity contribution in [1.82, 2.24) is 20.3 Å². The average Bonchev–Trinajstić information content (AvgIpc) is 2.77. The third-order valence-corrected chi connectivity index (χ3v) is 4.00. The van der Waals surface area contributed by atoms with E-state index in [-0.39, 0.29) is 0 Å². The molecule has 2 aromatic rings. The zero-order valence-corrected chi connectivity index (χ0v) is 12.1. The van der Waals surface area contributed by atoms with Gasteiger partial charge in [0, 0.05) is 17.5 Å². The van der Waals surface area contributed by atoms with Crippen molar-refractivity contribution in [3.05, 3.63) is 36.4 Å². The minimum atomic E-state index is 0.527. The molecule has 1 aliphatic rings. The van der Waals surface area contributed by atoms with Crippen LogP contribution >= 0.6 is 0 Å². The van der Waals surface area contributed by atoms with Crippen molar-refractivity contribution in [2.75, 3.05) is 18.8 Å². The van der Waals surface area contributed by atoms with Gasteiger partial charge in [-0.15, -0.1) is 0 Å². The second kappa shape index (κ2) is 6.63. The maximum absolute atomic E-state index is 5.62. The number of hydrogen-bond acceptors (Lipinski definition) is 5. The van der Waals surface area contributed by atoms with E-state index in [1.807, 2.05) is 6.07 Å². The zero-order valence-electron chi connectivity index (χ0n) is 12.1. The second-order valence-corrected chi connectivity index (χ2v) is 5.62. The fourth-order valence-electron chi connectivity index (χ4n) is 2.82. The lowest BCUT2D eigenvalue weighted by atomic mass is 9.95. The molecule has 21 heavy (non-hydrogen) atoms. The third kappa shape index (κ3) is 3.76. The van der Waals surface area contributed by atoms with Gasteiger partial charge in [-0.3, -0.25) is 0 Å². The fraction of sp³-hybridized carbons (Fsp3) is 0.438. The number of rotatable bonds is 3. The summed E-state index contributed by atoms with van der Waals surface area (Å²) in [5.41, 5.74) is 8.64. The molecule has 2 aromatic heterocycles. The predicted molar refractivity (Wildman–Crippen MR) is 83.6 cm³/mol. The summed E-state index contributed by atoms with van der Waals surface area (Å²) < 4.78 is 0. The van der Waals surface area contributed by atoms with Gasteiger partial charge in [-0.05, 0) is 62.9 Å². The lowest BCUT2D eigenvalue weighted by Gasteiger charge is -2.13. The van der Waals surface area contributed by atoms with Crippen molar-refractivity contribution in [3.8, 4) is 11.3 Å². The molecule has 0 radical (unpaired) electrons. The molecule has 0 aliphatic carbocycles. The highest BCUT2D eigenvalue weighted by atomic mass is 14.9. The molecule has 1 aliphatic heterocycles. The molecule has 3 rings (SSSR count). The first-order valence-electron chi connectivity index (χ1n) is 7.55. The van der Waals surface area contributed by atoms with Gasteiger partial charge in [0.2, 0.25) is 0 Å². The highest BCUT2D eigenvalue weighted by Crippen LogP contribution is 2.21. The molecule has 3 N–H and O–H groups in total. The molecule has 0 spiro atoms. The molecular formula is C16H21N5. The number of aromatic nitrogens is 3. The molecule has 1 unspecified atom stereocenters. The molecule has 0 bridgehead atoms. The van der Waals surface area contributed by atoms with Crippen LogP contribution in [-0.4, -0.2) is 28.0 Å². The number of hydrogen-bond donors (Lipinski definition) is 2. The van der Waals surface area contributed by atoms with Crippen molar-refractivity contribution >= 4 is 5.82 Å². The van der Waals surface area contributed by atoms with Crippen LogP contribution in [0.25, 0.3) is 11.3 Å². The highest BCUT2D eigenvalue weighted by Gasteiger charge is 2.14. The first kappa shape index (κ1) is 13.9. The van der Waals surface area contributed by atoms with E-state index < -0.39 is 0 Å². The Labute approximate surface area is 125 Å². The van der Waals surface area contributed by atoms with Crippen molar-refractivity contribution in [3.63, 3.8) is 0 Å². The summed E-state index contributed by atoms with van der Waals surface area (Å²) in [4.78, 5) is 12.9. The van der Waals surface area contributed by atoms with E-state index in [9.17, 15) is 0 Å². The summed E-state index contributed by atoms with van der Waals surface area (Å²) in [6, 6.07) is 5.82. The average molecular weight is 283 g/mol. The van der Waals surface area contributed by atoms with Gasteiger partial charge in [0.1, 0.15) is 12.1 Å². The Morgan fingerprint density at radius 1 is 1.14 bits per heavy atom. The van der Waals surface area contributed by atoms with Crippen LogP contribution in [0.2, 0.25) is 0 Å². The summed E-state index contributed by atoms with van der Waals surface area (Å²) in [6.45, 7) is 2.26. The molecule has 3 heterocycles. The smallest absolute Gasteiger partial charge is 0.123 e. The fourth-order valence-corrected chi connectivity index (χ4v) is 2.82. The molecule has 0 saturated carbocycles. The Bertz CT molecular complexity index is 573. The van der Waals surface area contributed by atoms with Gasteiger partial charge < -0.3 is 11.1 Å². The molecule has 5 nitrogen and oxygen atoms in total. The van der Waals surface area contributed by atoms with E-state index >= 15 is 0 Å². The van der Waals surface area contributed by atoms with E-state index in [1.54, 1.807) is 18.6 Å². The van der Waals surface area contributed by atoms with E-state index in [4.69, 9.17) is 5.73 Å². The summed E-state index contributed by atoms with van der Waals surface area (Å²) >= 11 is 0. The SMILES string of the molecule is Nc1ccc(-c2cc(CC3CCCNCC3)ncn2)cn1. The topological polar surface area (TPSA) is 76.7 Å². The standard InChI is InChI=1S/C16H21N5/c17-16-4-3-13(10-19-16)15-9-14(20-11-21-15)8-12-2-1-6-18-7-5-12/h3-4,9-12,18H,1-2,5-8H2,(H2,17,19). The lowest BCUT2D eigenvalue weighted by molar-refractivity contribution is 0.465. The number of pyridine rings is 1. The van der Waals surface area contributed by atoms with Crippen molar-refractivity contribution in [2.45, 2.75) is 25.7 Å². The number of nitrogens with one attached hydrogen (secondary N) is 1. The van der Waals surface area contributed by atoms with Crippen LogP contribution in [0, 0.1) is 5.92 Å². The third-order valence-electron chi connectivity index (χ3n) is 4.00. The Hall–Kier alpha value is -2.01. The Morgan fingerprint density at radius 3 is 2.95 bits per heavy atom. The van der Waals surface area contributed by atoms with Crippen LogP contribution in [0.5, 0.6) is 0 Å². The number of anilines is 1. The van der Waals surface area contributed by atoms with Gasteiger partial charge in [-0.2, -0.15) is 0 Å². The van der Waals surface area contributed by atoms with Crippen LogP contribution in [0.4, 0.5) is 5.82 Å². The number of nitrogens with two attached hydrogens (primary N) is 1. The number of nitrogen functional groups attached to an aromatic ring is 1. The van der Waals surface area contributed by atoms with Gasteiger partial charge in [-0.25, -0.2) is 15.0 Å². The lowest BCUT2D eigenvalue weighted by Crippen LogP contribution is -2.14. The summed E-state index contributed by atoms with van der Waals surface area (Å²) in [6.07, 6.45) is 8.19. The first-order chi connectivity index (χ1) is 10.3. The minimum absolute atomic E-state index is 0.527. The quantitative estimate of drug-likeness (QED) is 0.901. The Morgan fingerprint density at radius 2 is 2.10 bits per heavy atom. The molecular weight excluding hydrogens is 262 g/mol. The van der Waals surface area contributed by atoms with Crippen molar-refractivity contribution < 1.29 is 0 Å². The van der Waals surface area contributed by atoms with Gasteiger partial charge in [0.25, 0.3) is 0 Å². The number of nitrogens with zero attached hydrogens (tertiary/aromatic N) is 3. The van der Waals surface area contributed by atoms with Crippen LogP contribution in [-0.2, 0) is 6.42 Å². The monoisotopic (exact) mass is 283 g/mol. The maximum atomic E-state index is 5.62. The Balaban J connectivity index is 1.74. The molecule has 1 saturated heterocycles. The summed E-state index contributed by atoms with van der Waals surface area (Å²) in [5.74, 6) is 1.24. The van der Waals surface area contributed by atoms with Crippen LogP contribution in [0.15, 0.2) is 30.7 Å². The molecule has 0 aromatic carbocycles. The summed E-state index contributed by atoms with van der Waals surface area (Å²) in [7, 11) is 0. The zero-order chi connectivity index (χ0) is 14.5. The van der Waals surface area contributed by atoms with Crippen LogP contribution in [0.3, 0.4) is 0 Å². The predicted octanol–water partition coefficient (Wildman–Crippen LogP) is 2.05. The molecule has 5 heteroatoms. The van der Waals surface area contributed by atoms with Crippen LogP contribution < -0.4 is 11.1 Å². The van der Waals surface area contributed by atoms with E-state index in [2.05, 4.69) is 26.3 Å². The van der Waals surface area contributed by atoms with Crippen molar-refractivity contribution in [2.24, 2.45) is 5.92 Å². The highest BCUT2D eigenvalue weighted by molar-refractivity contribution is 5.59. The molecule has 110 valence electrons. The van der Waals surface area contributed by atoms with Gasteiger partial charge >= 0.3 is 0 Å². The van der Waals surface area contributed by atoms with E-state index in [1.165, 1.54) is 19.3 Å². The van der Waals surface area contributed by atoms with E-state index in [0.717, 1.165) is 36.5 Å². The summed E-state index contributed by atoms with van der Waals surface area (Å²) in [5, 5.41) is 3.45. The van der Waals surface area contributed by atoms with Crippen LogP contribution in [0.1, 0.15) is 25.0 Å². The maximum Gasteiger partial charge on any atom is 0.123 e. The second-order valence-electron chi connectivity index (χ2n) is 5.62. The van der Waals surface area contributed by atoms with Gasteiger partial charge in [-0.1, -0.05) is 0 Å². The molecule has 1 fully saturated rings. The minimum Gasteiger partial charge on any atom is -0.384 e. The van der Waals surface area contributed by atoms with Gasteiger partial charge in [0.15, 0.2) is 0 Å². The Kier molecular flexibility index (Phi) is 4.40. The van der Waals surface area contributed by atoms with Gasteiger partial charge in [0.05, 0.1) is 5.69 Å². The normalized spacial score (nSPS) is 19.1. The first-order valence-corrected chi connectivity index (χ1v) is 7.55.